The maximum absolute atomic E-state index is 9.02. The fraction of sp³-hybridized carbons (Fsp3) is 0.471. The van der Waals surface area contributed by atoms with Crippen LogP contribution in [-0.4, -0.2) is 0 Å². The van der Waals surface area contributed by atoms with Gasteiger partial charge in [-0.2, -0.15) is 5.26 Å². The molecule has 0 fully saturated rings. The average molecular weight is 255 g/mol. The van der Waals surface area contributed by atoms with E-state index >= 15 is 0 Å². The molecule has 1 aromatic carbocycles. The molecule has 0 saturated heterocycles. The summed E-state index contributed by atoms with van der Waals surface area (Å²) in [6.45, 7) is 13.1. The van der Waals surface area contributed by atoms with Crippen LogP contribution in [0.2, 0.25) is 0 Å². The van der Waals surface area contributed by atoms with E-state index in [1.807, 2.05) is 6.07 Å². The van der Waals surface area contributed by atoms with Gasteiger partial charge in [-0.05, 0) is 22.5 Å². The highest BCUT2D eigenvalue weighted by atomic mass is 16.3. The first-order valence-electron chi connectivity index (χ1n) is 6.61. The van der Waals surface area contributed by atoms with Crippen LogP contribution in [0.3, 0.4) is 0 Å². The van der Waals surface area contributed by atoms with E-state index in [9.17, 15) is 0 Å². The molecule has 0 bridgehead atoms. The highest BCUT2D eigenvalue weighted by molar-refractivity contribution is 5.84. The minimum atomic E-state index is -0.00983. The summed E-state index contributed by atoms with van der Waals surface area (Å²) >= 11 is 0. The van der Waals surface area contributed by atoms with E-state index < -0.39 is 0 Å². The van der Waals surface area contributed by atoms with Crippen LogP contribution in [-0.2, 0) is 10.8 Å². The lowest BCUT2D eigenvalue weighted by Crippen LogP contribution is -2.16. The molecule has 0 aliphatic heterocycles. The normalized spacial score (nSPS) is 12.7. The summed E-state index contributed by atoms with van der Waals surface area (Å²) in [5.41, 5.74) is 3.35. The molecule has 1 heterocycles. The predicted molar refractivity (Wildman–Crippen MR) is 78.3 cm³/mol. The number of benzene rings is 1. The van der Waals surface area contributed by atoms with E-state index in [2.05, 4.69) is 59.7 Å². The van der Waals surface area contributed by atoms with E-state index in [0.717, 1.165) is 16.5 Å². The lowest BCUT2D eigenvalue weighted by molar-refractivity contribution is 0.545. The number of nitriles is 1. The fourth-order valence-electron chi connectivity index (χ4n) is 2.20. The molecule has 0 spiro atoms. The van der Waals surface area contributed by atoms with E-state index in [0.29, 0.717) is 5.76 Å². The van der Waals surface area contributed by atoms with Gasteiger partial charge in [0, 0.05) is 17.0 Å². The monoisotopic (exact) mass is 255 g/mol. The van der Waals surface area contributed by atoms with Crippen LogP contribution in [0.5, 0.6) is 0 Å². The SMILES string of the molecule is CC(C)(C)c1cc(C(C)(C)C)c2oc(C#N)cc2c1. The third-order valence-corrected chi connectivity index (χ3v) is 3.40. The summed E-state index contributed by atoms with van der Waals surface area (Å²) in [5.74, 6) is 0.381. The van der Waals surface area contributed by atoms with E-state index in [1.54, 1.807) is 0 Å². The summed E-state index contributed by atoms with van der Waals surface area (Å²) in [6, 6.07) is 8.27. The Morgan fingerprint density at radius 2 is 1.58 bits per heavy atom. The first-order valence-corrected chi connectivity index (χ1v) is 6.61. The molecule has 0 unspecified atom stereocenters. The second-order valence-electron chi connectivity index (χ2n) is 7.16. The Labute approximate surface area is 115 Å². The van der Waals surface area contributed by atoms with Crippen molar-refractivity contribution in [3.63, 3.8) is 0 Å². The quantitative estimate of drug-likeness (QED) is 0.671. The number of hydrogen-bond acceptors (Lipinski definition) is 2. The molecule has 0 amide bonds. The van der Waals surface area contributed by atoms with Crippen molar-refractivity contribution in [1.82, 2.24) is 0 Å². The van der Waals surface area contributed by atoms with Gasteiger partial charge < -0.3 is 4.42 Å². The lowest BCUT2D eigenvalue weighted by atomic mass is 9.80. The molecule has 0 N–H and O–H groups in total. The minimum Gasteiger partial charge on any atom is -0.445 e. The molecule has 0 atom stereocenters. The standard InChI is InChI=1S/C17H21NO/c1-16(2,3)12-7-11-8-13(10-18)19-15(11)14(9-12)17(4,5)6/h7-9H,1-6H3. The molecule has 1 aromatic heterocycles. The van der Waals surface area contributed by atoms with Crippen LogP contribution in [0, 0.1) is 11.3 Å². The Balaban J connectivity index is 2.83. The summed E-state index contributed by atoms with van der Waals surface area (Å²) < 4.78 is 5.68. The predicted octanol–water partition coefficient (Wildman–Crippen LogP) is 4.90. The summed E-state index contributed by atoms with van der Waals surface area (Å²) in [6.07, 6.45) is 0. The topological polar surface area (TPSA) is 36.9 Å². The highest BCUT2D eigenvalue weighted by Gasteiger charge is 2.24. The third kappa shape index (κ3) is 2.51. The minimum absolute atomic E-state index is 0.00983. The lowest BCUT2D eigenvalue weighted by Gasteiger charge is -2.25. The van der Waals surface area contributed by atoms with Crippen LogP contribution in [0.25, 0.3) is 11.0 Å². The van der Waals surface area contributed by atoms with Gasteiger partial charge in [0.25, 0.3) is 0 Å². The van der Waals surface area contributed by atoms with Gasteiger partial charge in [-0.1, -0.05) is 47.6 Å². The zero-order valence-electron chi connectivity index (χ0n) is 12.6. The van der Waals surface area contributed by atoms with Gasteiger partial charge in [0.05, 0.1) is 0 Å². The first kappa shape index (κ1) is 13.7. The smallest absolute Gasteiger partial charge is 0.204 e. The van der Waals surface area contributed by atoms with E-state index in [4.69, 9.17) is 9.68 Å². The number of rotatable bonds is 0. The molecular formula is C17H21NO. The van der Waals surface area contributed by atoms with Gasteiger partial charge >= 0.3 is 0 Å². The zero-order valence-corrected chi connectivity index (χ0v) is 12.6. The zero-order chi connectivity index (χ0) is 14.4. The number of furan rings is 1. The maximum atomic E-state index is 9.02. The Morgan fingerprint density at radius 3 is 2.05 bits per heavy atom. The van der Waals surface area contributed by atoms with Gasteiger partial charge in [0.2, 0.25) is 5.76 Å². The first-order chi connectivity index (χ1) is 8.63. The van der Waals surface area contributed by atoms with E-state index in [1.165, 1.54) is 5.56 Å². The van der Waals surface area contributed by atoms with Crippen molar-refractivity contribution >= 4 is 11.0 Å². The molecule has 2 rings (SSSR count). The molecule has 2 aromatic rings. The third-order valence-electron chi connectivity index (χ3n) is 3.40. The van der Waals surface area contributed by atoms with Crippen LogP contribution >= 0.6 is 0 Å². The highest BCUT2D eigenvalue weighted by Crippen LogP contribution is 2.36. The second kappa shape index (κ2) is 4.13. The van der Waals surface area contributed by atoms with Crippen LogP contribution in [0.1, 0.15) is 58.4 Å². The molecule has 0 saturated carbocycles. The van der Waals surface area contributed by atoms with Gasteiger partial charge in [0.1, 0.15) is 11.7 Å². The van der Waals surface area contributed by atoms with E-state index in [-0.39, 0.29) is 10.8 Å². The molecule has 19 heavy (non-hydrogen) atoms. The van der Waals surface area contributed by atoms with Crippen molar-refractivity contribution in [1.29, 1.82) is 5.26 Å². The Morgan fingerprint density at radius 1 is 0.947 bits per heavy atom. The number of fused-ring (bicyclic) bond motifs is 1. The van der Waals surface area contributed by atoms with Gasteiger partial charge in [-0.3, -0.25) is 0 Å². The van der Waals surface area contributed by atoms with Gasteiger partial charge in [-0.15, -0.1) is 0 Å². The van der Waals surface area contributed by atoms with Gasteiger partial charge in [0.15, 0.2) is 0 Å². The van der Waals surface area contributed by atoms with Gasteiger partial charge in [-0.25, -0.2) is 0 Å². The molecule has 2 nitrogen and oxygen atoms in total. The van der Waals surface area contributed by atoms with Crippen LogP contribution in [0.15, 0.2) is 22.6 Å². The summed E-state index contributed by atoms with van der Waals surface area (Å²) in [4.78, 5) is 0. The molecule has 2 heteroatoms. The van der Waals surface area contributed by atoms with Crippen molar-refractivity contribution in [2.75, 3.05) is 0 Å². The molecule has 100 valence electrons. The average Bonchev–Trinajstić information content (AvgIpc) is 2.67. The maximum Gasteiger partial charge on any atom is 0.204 e. The van der Waals surface area contributed by atoms with Crippen LogP contribution < -0.4 is 0 Å². The number of nitrogens with zero attached hydrogens (tertiary/aromatic N) is 1. The Hall–Kier alpha value is -1.75. The summed E-state index contributed by atoms with van der Waals surface area (Å²) in [7, 11) is 0. The Bertz CT molecular complexity index is 657. The van der Waals surface area contributed by atoms with Crippen molar-refractivity contribution < 1.29 is 4.42 Å². The molecule has 0 aliphatic carbocycles. The second-order valence-corrected chi connectivity index (χ2v) is 7.16. The van der Waals surface area contributed by atoms with Crippen molar-refractivity contribution in [2.45, 2.75) is 52.4 Å². The van der Waals surface area contributed by atoms with Crippen molar-refractivity contribution in [3.8, 4) is 6.07 Å². The fourth-order valence-corrected chi connectivity index (χ4v) is 2.20. The molecule has 0 aliphatic rings. The Kier molecular flexibility index (Phi) is 2.97. The largest absolute Gasteiger partial charge is 0.445 e. The van der Waals surface area contributed by atoms with Crippen molar-refractivity contribution in [2.24, 2.45) is 0 Å². The van der Waals surface area contributed by atoms with Crippen molar-refractivity contribution in [3.05, 3.63) is 35.1 Å². The molecular weight excluding hydrogens is 234 g/mol. The number of hydrogen-bond donors (Lipinski definition) is 0. The molecule has 0 radical (unpaired) electrons. The van der Waals surface area contributed by atoms with Crippen LogP contribution in [0.4, 0.5) is 0 Å². The summed E-state index contributed by atoms with van der Waals surface area (Å²) in [5, 5.41) is 10.0.